The van der Waals surface area contributed by atoms with Gasteiger partial charge in [0.2, 0.25) is 0 Å². The van der Waals surface area contributed by atoms with Crippen LogP contribution in [0.4, 0.5) is 0 Å². The third-order valence-electron chi connectivity index (χ3n) is 5.66. The minimum atomic E-state index is 0.00981. The SMILES string of the molecule is Cc1cc(C)cc(OCc2nc(CN(CCN3CCOCC3)C(=O)c3cccc(Br)c3)cs2)c1. The highest BCUT2D eigenvalue weighted by Gasteiger charge is 2.20. The molecule has 0 saturated carbocycles. The molecule has 2 heterocycles. The van der Waals surface area contributed by atoms with Gasteiger partial charge in [0.15, 0.2) is 0 Å². The van der Waals surface area contributed by atoms with Gasteiger partial charge in [-0.3, -0.25) is 9.69 Å². The zero-order valence-electron chi connectivity index (χ0n) is 19.6. The molecule has 8 heteroatoms. The third-order valence-corrected chi connectivity index (χ3v) is 7.02. The zero-order chi connectivity index (χ0) is 23.9. The molecule has 180 valence electrons. The maximum atomic E-state index is 13.4. The van der Waals surface area contributed by atoms with Gasteiger partial charge in [0.25, 0.3) is 5.91 Å². The number of hydrogen-bond donors (Lipinski definition) is 0. The lowest BCUT2D eigenvalue weighted by molar-refractivity contribution is 0.0319. The summed E-state index contributed by atoms with van der Waals surface area (Å²) in [7, 11) is 0. The summed E-state index contributed by atoms with van der Waals surface area (Å²) in [5, 5.41) is 2.92. The first-order valence-corrected chi connectivity index (χ1v) is 13.1. The van der Waals surface area contributed by atoms with Crippen LogP contribution < -0.4 is 4.74 Å². The number of carbonyl (C=O) groups excluding carboxylic acids is 1. The molecule has 3 aromatic rings. The van der Waals surface area contributed by atoms with Gasteiger partial charge in [-0.2, -0.15) is 0 Å². The Hall–Kier alpha value is -2.26. The second kappa shape index (κ2) is 11.9. The number of benzene rings is 2. The van der Waals surface area contributed by atoms with Crippen molar-refractivity contribution in [3.05, 3.63) is 79.7 Å². The number of hydrogen-bond acceptors (Lipinski definition) is 6. The Morgan fingerprint density at radius 1 is 1.18 bits per heavy atom. The standard InChI is InChI=1S/C26H30BrN3O3S/c1-19-12-20(2)14-24(13-19)33-17-25-28-23(18-34-25)16-30(7-6-29-8-10-32-11-9-29)26(31)21-4-3-5-22(27)15-21/h3-5,12-15,18H,6-11,16-17H2,1-2H3. The van der Waals surface area contributed by atoms with Gasteiger partial charge in [-0.15, -0.1) is 11.3 Å². The summed E-state index contributed by atoms with van der Waals surface area (Å²) in [5.41, 5.74) is 3.91. The van der Waals surface area contributed by atoms with Gasteiger partial charge in [-0.25, -0.2) is 4.98 Å². The van der Waals surface area contributed by atoms with Crippen LogP contribution in [-0.2, 0) is 17.9 Å². The van der Waals surface area contributed by atoms with Crippen LogP contribution >= 0.6 is 27.3 Å². The molecule has 6 nitrogen and oxygen atoms in total. The van der Waals surface area contributed by atoms with Crippen LogP contribution in [0.1, 0.15) is 32.2 Å². The molecule has 0 spiro atoms. The molecular formula is C26H30BrN3O3S. The predicted octanol–water partition coefficient (Wildman–Crippen LogP) is 5.08. The van der Waals surface area contributed by atoms with Crippen molar-refractivity contribution in [1.29, 1.82) is 0 Å². The molecule has 2 aromatic carbocycles. The van der Waals surface area contributed by atoms with Crippen LogP contribution in [0.25, 0.3) is 0 Å². The Morgan fingerprint density at radius 3 is 2.68 bits per heavy atom. The molecule has 1 fully saturated rings. The molecule has 1 amide bonds. The van der Waals surface area contributed by atoms with E-state index in [1.165, 1.54) is 11.1 Å². The first kappa shape index (κ1) is 24.9. The Kier molecular flexibility index (Phi) is 8.72. The number of amides is 1. The average Bonchev–Trinajstić information content (AvgIpc) is 3.27. The summed E-state index contributed by atoms with van der Waals surface area (Å²) in [6, 6.07) is 13.7. The van der Waals surface area contributed by atoms with Gasteiger partial charge in [0.1, 0.15) is 17.4 Å². The minimum Gasteiger partial charge on any atom is -0.486 e. The third kappa shape index (κ3) is 7.12. The summed E-state index contributed by atoms with van der Waals surface area (Å²) in [6.45, 7) is 9.75. The second-order valence-electron chi connectivity index (χ2n) is 8.54. The highest BCUT2D eigenvalue weighted by Crippen LogP contribution is 2.20. The summed E-state index contributed by atoms with van der Waals surface area (Å²) < 4.78 is 12.3. The largest absolute Gasteiger partial charge is 0.486 e. The molecule has 1 aliphatic rings. The maximum absolute atomic E-state index is 13.4. The van der Waals surface area contributed by atoms with E-state index in [-0.39, 0.29) is 5.91 Å². The monoisotopic (exact) mass is 543 g/mol. The normalized spacial score (nSPS) is 14.2. The van der Waals surface area contributed by atoms with E-state index in [2.05, 4.69) is 40.7 Å². The predicted molar refractivity (Wildman–Crippen MR) is 139 cm³/mol. The lowest BCUT2D eigenvalue weighted by Crippen LogP contribution is -2.43. The Labute approximate surface area is 213 Å². The number of carbonyl (C=O) groups is 1. The molecule has 1 aromatic heterocycles. The van der Waals surface area contributed by atoms with Crippen LogP contribution in [0, 0.1) is 13.8 Å². The van der Waals surface area contributed by atoms with Crippen molar-refractivity contribution in [2.45, 2.75) is 27.0 Å². The number of morpholine rings is 1. The van der Waals surface area contributed by atoms with Crippen molar-refractivity contribution in [3.8, 4) is 5.75 Å². The maximum Gasteiger partial charge on any atom is 0.254 e. The number of rotatable bonds is 9. The van der Waals surface area contributed by atoms with E-state index in [1.54, 1.807) is 11.3 Å². The number of ether oxygens (including phenoxy) is 2. The topological polar surface area (TPSA) is 54.9 Å². The van der Waals surface area contributed by atoms with Gasteiger partial charge in [-0.1, -0.05) is 28.1 Å². The van der Waals surface area contributed by atoms with Crippen molar-refractivity contribution < 1.29 is 14.3 Å². The van der Waals surface area contributed by atoms with Crippen LogP contribution in [0.2, 0.25) is 0 Å². The lowest BCUT2D eigenvalue weighted by Gasteiger charge is -2.30. The smallest absolute Gasteiger partial charge is 0.254 e. The first-order chi connectivity index (χ1) is 16.5. The molecular weight excluding hydrogens is 514 g/mol. The van der Waals surface area contributed by atoms with Crippen molar-refractivity contribution in [1.82, 2.24) is 14.8 Å². The molecule has 1 saturated heterocycles. The summed E-state index contributed by atoms with van der Waals surface area (Å²) in [5.74, 6) is 0.863. The molecule has 34 heavy (non-hydrogen) atoms. The number of halogens is 1. The van der Waals surface area contributed by atoms with E-state index >= 15 is 0 Å². The fourth-order valence-corrected chi connectivity index (χ4v) is 5.08. The number of nitrogens with zero attached hydrogens (tertiary/aromatic N) is 3. The van der Waals surface area contributed by atoms with Crippen molar-refractivity contribution in [2.75, 3.05) is 39.4 Å². The molecule has 1 aliphatic heterocycles. The van der Waals surface area contributed by atoms with Gasteiger partial charge in [0, 0.05) is 41.6 Å². The molecule has 0 N–H and O–H groups in total. The molecule has 0 atom stereocenters. The number of aryl methyl sites for hydroxylation is 2. The van der Waals surface area contributed by atoms with E-state index in [4.69, 9.17) is 14.5 Å². The highest BCUT2D eigenvalue weighted by molar-refractivity contribution is 9.10. The van der Waals surface area contributed by atoms with Crippen molar-refractivity contribution in [2.24, 2.45) is 0 Å². The van der Waals surface area contributed by atoms with Gasteiger partial charge >= 0.3 is 0 Å². The minimum absolute atomic E-state index is 0.00981. The summed E-state index contributed by atoms with van der Waals surface area (Å²) >= 11 is 5.05. The lowest BCUT2D eigenvalue weighted by atomic mass is 10.1. The van der Waals surface area contributed by atoms with E-state index < -0.39 is 0 Å². The Balaban J connectivity index is 1.42. The Morgan fingerprint density at radius 2 is 1.94 bits per heavy atom. The van der Waals surface area contributed by atoms with Crippen LogP contribution in [0.5, 0.6) is 5.75 Å². The summed E-state index contributed by atoms with van der Waals surface area (Å²) in [4.78, 5) is 22.4. The summed E-state index contributed by atoms with van der Waals surface area (Å²) in [6.07, 6.45) is 0. The molecule has 0 radical (unpaired) electrons. The molecule has 4 rings (SSSR count). The van der Waals surface area contributed by atoms with Gasteiger partial charge in [0.05, 0.1) is 25.5 Å². The average molecular weight is 545 g/mol. The second-order valence-corrected chi connectivity index (χ2v) is 10.4. The van der Waals surface area contributed by atoms with E-state index in [0.717, 1.165) is 53.8 Å². The number of thiazole rings is 1. The van der Waals surface area contributed by atoms with Crippen LogP contribution in [-0.4, -0.2) is 60.1 Å². The fraction of sp³-hybridized carbons (Fsp3) is 0.385. The molecule has 0 unspecified atom stereocenters. The van der Waals surface area contributed by atoms with Crippen LogP contribution in [0.3, 0.4) is 0 Å². The molecule has 0 bridgehead atoms. The fourth-order valence-electron chi connectivity index (χ4n) is 3.99. The highest BCUT2D eigenvalue weighted by atomic mass is 79.9. The van der Waals surface area contributed by atoms with Gasteiger partial charge in [-0.05, 0) is 55.3 Å². The van der Waals surface area contributed by atoms with Crippen LogP contribution in [0.15, 0.2) is 52.3 Å². The van der Waals surface area contributed by atoms with E-state index in [9.17, 15) is 4.79 Å². The van der Waals surface area contributed by atoms with Crippen molar-refractivity contribution in [3.63, 3.8) is 0 Å². The van der Waals surface area contributed by atoms with Crippen molar-refractivity contribution >= 4 is 33.2 Å². The number of aromatic nitrogens is 1. The zero-order valence-corrected chi connectivity index (χ0v) is 22.0. The Bertz CT molecular complexity index is 1090. The van der Waals surface area contributed by atoms with Gasteiger partial charge < -0.3 is 14.4 Å². The first-order valence-electron chi connectivity index (χ1n) is 11.5. The van der Waals surface area contributed by atoms with E-state index in [1.807, 2.05) is 46.7 Å². The van der Waals surface area contributed by atoms with E-state index in [0.29, 0.717) is 25.3 Å². The molecule has 0 aliphatic carbocycles. The quantitative estimate of drug-likeness (QED) is 0.376.